The summed E-state index contributed by atoms with van der Waals surface area (Å²) < 4.78 is 26.3. The second kappa shape index (κ2) is 15.4. The average Bonchev–Trinajstić information content (AvgIpc) is 2.94. The predicted molar refractivity (Wildman–Crippen MR) is 167 cm³/mol. The Hall–Kier alpha value is -2.78. The Balaban J connectivity index is 1.88. The van der Waals surface area contributed by atoms with Crippen LogP contribution in [0.15, 0.2) is 72.8 Å². The van der Waals surface area contributed by atoms with Gasteiger partial charge in [-0.2, -0.15) is 0 Å². The molecule has 0 aliphatic heterocycles. The highest BCUT2D eigenvalue weighted by Crippen LogP contribution is 2.25. The monoisotopic (exact) mass is 637 g/mol. The lowest BCUT2D eigenvalue weighted by Crippen LogP contribution is -2.50. The van der Waals surface area contributed by atoms with Gasteiger partial charge in [0.2, 0.25) is 21.8 Å². The fraction of sp³-hybridized carbons (Fsp3) is 0.333. The number of carbonyl (C=O) groups is 2. The molecule has 0 aromatic heterocycles. The van der Waals surface area contributed by atoms with Gasteiger partial charge in [0.05, 0.1) is 22.0 Å². The van der Waals surface area contributed by atoms with Gasteiger partial charge in [-0.25, -0.2) is 8.42 Å². The van der Waals surface area contributed by atoms with Crippen molar-refractivity contribution < 1.29 is 18.0 Å². The van der Waals surface area contributed by atoms with Gasteiger partial charge in [-0.15, -0.1) is 0 Å². The van der Waals surface area contributed by atoms with Gasteiger partial charge in [-0.1, -0.05) is 78.1 Å². The number of nitrogens with one attached hydrogen (secondary N) is 1. The summed E-state index contributed by atoms with van der Waals surface area (Å²) in [5.41, 5.74) is 2.08. The lowest BCUT2D eigenvalue weighted by Gasteiger charge is -2.32. The molecule has 0 aliphatic rings. The maximum Gasteiger partial charge on any atom is 0.243 e. The van der Waals surface area contributed by atoms with Crippen LogP contribution in [0.1, 0.15) is 37.3 Å². The first-order valence-corrected chi connectivity index (χ1v) is 16.3. The summed E-state index contributed by atoms with van der Waals surface area (Å²) in [5.74, 6) is -0.545. The van der Waals surface area contributed by atoms with Gasteiger partial charge in [0.15, 0.2) is 0 Å². The van der Waals surface area contributed by atoms with Gasteiger partial charge in [0.25, 0.3) is 0 Å². The summed E-state index contributed by atoms with van der Waals surface area (Å²) in [4.78, 5) is 28.8. The van der Waals surface area contributed by atoms with Crippen molar-refractivity contribution in [1.29, 1.82) is 0 Å². The molecule has 11 heteroatoms. The summed E-state index contributed by atoms with van der Waals surface area (Å²) in [7, 11) is -3.61. The Bertz CT molecular complexity index is 1420. The number of carbonyl (C=O) groups excluding carboxylic acids is 2. The highest BCUT2D eigenvalue weighted by molar-refractivity contribution is 7.92. The minimum Gasteiger partial charge on any atom is -0.354 e. The van der Waals surface area contributed by atoms with Crippen molar-refractivity contribution in [2.24, 2.45) is 0 Å². The summed E-state index contributed by atoms with van der Waals surface area (Å²) in [6, 6.07) is 20.3. The molecular formula is C30H34Cl3N3O4S. The van der Waals surface area contributed by atoms with Crippen LogP contribution in [0.2, 0.25) is 15.1 Å². The Kier molecular flexibility index (Phi) is 12.3. The zero-order chi connectivity index (χ0) is 30.0. The molecule has 0 aliphatic carbocycles. The third-order valence-electron chi connectivity index (χ3n) is 6.42. The van der Waals surface area contributed by atoms with Crippen LogP contribution in [-0.4, -0.2) is 50.5 Å². The fourth-order valence-electron chi connectivity index (χ4n) is 4.37. The van der Waals surface area contributed by atoms with E-state index in [-0.39, 0.29) is 37.7 Å². The van der Waals surface area contributed by atoms with Crippen LogP contribution in [0.3, 0.4) is 0 Å². The van der Waals surface area contributed by atoms with Crippen molar-refractivity contribution in [3.8, 4) is 0 Å². The first-order valence-electron chi connectivity index (χ1n) is 13.3. The van der Waals surface area contributed by atoms with Crippen LogP contribution in [0.5, 0.6) is 0 Å². The molecule has 1 N–H and O–H groups in total. The first kappa shape index (κ1) is 32.7. The molecule has 7 nitrogen and oxygen atoms in total. The lowest BCUT2D eigenvalue weighted by atomic mass is 10.0. The van der Waals surface area contributed by atoms with Crippen LogP contribution in [0, 0.1) is 0 Å². The Morgan fingerprint density at radius 3 is 2.20 bits per heavy atom. The third kappa shape index (κ3) is 9.92. The van der Waals surface area contributed by atoms with Gasteiger partial charge in [0.1, 0.15) is 6.04 Å². The van der Waals surface area contributed by atoms with Crippen molar-refractivity contribution in [2.45, 2.75) is 45.2 Å². The smallest absolute Gasteiger partial charge is 0.243 e. The molecule has 1 atom stereocenters. The van der Waals surface area contributed by atoms with Crippen LogP contribution in [0.4, 0.5) is 5.69 Å². The zero-order valence-electron chi connectivity index (χ0n) is 23.0. The highest BCUT2D eigenvalue weighted by Gasteiger charge is 2.30. The van der Waals surface area contributed by atoms with E-state index in [2.05, 4.69) is 5.32 Å². The second-order valence-electron chi connectivity index (χ2n) is 9.68. The van der Waals surface area contributed by atoms with Gasteiger partial charge < -0.3 is 10.2 Å². The number of hydrogen-bond donors (Lipinski definition) is 1. The quantitative estimate of drug-likeness (QED) is 0.223. The van der Waals surface area contributed by atoms with Gasteiger partial charge in [-0.3, -0.25) is 13.9 Å². The molecule has 3 aromatic rings. The normalized spacial score (nSPS) is 12.0. The van der Waals surface area contributed by atoms with Crippen molar-refractivity contribution in [3.63, 3.8) is 0 Å². The molecular weight excluding hydrogens is 605 g/mol. The van der Waals surface area contributed by atoms with Crippen LogP contribution >= 0.6 is 34.8 Å². The van der Waals surface area contributed by atoms with Crippen molar-refractivity contribution >= 4 is 62.3 Å². The van der Waals surface area contributed by atoms with Crippen LogP contribution in [-0.2, 0) is 32.6 Å². The molecule has 0 saturated heterocycles. The van der Waals surface area contributed by atoms with E-state index in [0.717, 1.165) is 18.2 Å². The van der Waals surface area contributed by atoms with E-state index in [9.17, 15) is 18.0 Å². The lowest BCUT2D eigenvalue weighted by molar-refractivity contribution is -0.141. The van der Waals surface area contributed by atoms with Crippen LogP contribution in [0.25, 0.3) is 0 Å². The minimum absolute atomic E-state index is 0.0211. The zero-order valence-corrected chi connectivity index (χ0v) is 26.1. The summed E-state index contributed by atoms with van der Waals surface area (Å²) in [6.07, 6.45) is 2.43. The molecule has 0 saturated carbocycles. The van der Waals surface area contributed by atoms with Gasteiger partial charge in [-0.05, 0) is 60.4 Å². The summed E-state index contributed by atoms with van der Waals surface area (Å²) in [6.45, 7) is 2.64. The highest BCUT2D eigenvalue weighted by atomic mass is 35.5. The van der Waals surface area contributed by atoms with Crippen molar-refractivity contribution in [2.75, 3.05) is 23.7 Å². The molecule has 3 aromatic carbocycles. The number of halogens is 3. The van der Waals surface area contributed by atoms with Crippen molar-refractivity contribution in [1.82, 2.24) is 10.2 Å². The largest absolute Gasteiger partial charge is 0.354 e. The van der Waals surface area contributed by atoms with E-state index >= 15 is 0 Å². The molecule has 0 bridgehead atoms. The van der Waals surface area contributed by atoms with Crippen molar-refractivity contribution in [3.05, 3.63) is 99.0 Å². The van der Waals surface area contributed by atoms with E-state index in [4.69, 9.17) is 34.8 Å². The van der Waals surface area contributed by atoms with E-state index in [1.807, 2.05) is 37.3 Å². The number of benzene rings is 3. The molecule has 0 unspecified atom stereocenters. The molecule has 3 rings (SSSR count). The van der Waals surface area contributed by atoms with Gasteiger partial charge in [0, 0.05) is 37.5 Å². The number of nitrogens with zero attached hydrogens (tertiary/aromatic N) is 2. The molecule has 0 radical (unpaired) electrons. The number of hydrogen-bond acceptors (Lipinski definition) is 4. The van der Waals surface area contributed by atoms with E-state index < -0.39 is 16.1 Å². The molecule has 2 amide bonds. The average molecular weight is 639 g/mol. The number of anilines is 1. The number of rotatable bonds is 14. The molecule has 41 heavy (non-hydrogen) atoms. The number of sulfonamides is 1. The predicted octanol–water partition coefficient (Wildman–Crippen LogP) is 6.36. The summed E-state index contributed by atoms with van der Waals surface area (Å²) >= 11 is 18.3. The molecule has 220 valence electrons. The third-order valence-corrected chi connectivity index (χ3v) is 8.61. The molecule has 0 heterocycles. The molecule has 0 fully saturated rings. The Morgan fingerprint density at radius 2 is 1.59 bits per heavy atom. The second-order valence-corrected chi connectivity index (χ2v) is 12.8. The van der Waals surface area contributed by atoms with Gasteiger partial charge >= 0.3 is 0 Å². The maximum absolute atomic E-state index is 13.8. The molecule has 0 spiro atoms. The minimum atomic E-state index is -3.61. The standard InChI is InChI=1S/C30H34Cl3N3O4S/c1-3-17-34-30(38)28(20-22-8-5-4-6-9-22)35(21-23-11-16-26(32)27(33)19-23)29(37)10-7-18-36(41(2,39)40)25-14-12-24(31)13-15-25/h4-6,8-9,11-16,19,28H,3,7,10,17-18,20-21H2,1-2H3,(H,34,38)/t28-/m1/s1. The van der Waals surface area contributed by atoms with Crippen LogP contribution < -0.4 is 9.62 Å². The Morgan fingerprint density at radius 1 is 0.902 bits per heavy atom. The topological polar surface area (TPSA) is 86.8 Å². The van der Waals surface area contributed by atoms with E-state index in [1.54, 1.807) is 47.4 Å². The summed E-state index contributed by atoms with van der Waals surface area (Å²) in [5, 5.41) is 4.16. The fourth-order valence-corrected chi connectivity index (χ4v) is 5.78. The SMILES string of the molecule is CCCNC(=O)[C@@H](Cc1ccccc1)N(Cc1ccc(Cl)c(Cl)c1)C(=O)CCCN(c1ccc(Cl)cc1)S(C)(=O)=O. The number of amides is 2. The maximum atomic E-state index is 13.8. The first-order chi connectivity index (χ1) is 19.5. The Labute approximate surface area is 257 Å². The van der Waals surface area contributed by atoms with E-state index in [1.165, 1.54) is 4.31 Å². The van der Waals surface area contributed by atoms with E-state index in [0.29, 0.717) is 39.3 Å².